The second-order valence-corrected chi connectivity index (χ2v) is 4.75. The smallest absolute Gasteiger partial charge is 0.134 e. The average Bonchev–Trinajstić information content (AvgIpc) is 2.88. The third-order valence-corrected chi connectivity index (χ3v) is 3.41. The second-order valence-electron chi connectivity index (χ2n) is 4.75. The van der Waals surface area contributed by atoms with E-state index in [0.29, 0.717) is 17.7 Å². The van der Waals surface area contributed by atoms with E-state index in [1.807, 2.05) is 6.07 Å². The van der Waals surface area contributed by atoms with Gasteiger partial charge in [0.2, 0.25) is 0 Å². The summed E-state index contributed by atoms with van der Waals surface area (Å²) in [5.74, 6) is -0.810. The van der Waals surface area contributed by atoms with E-state index in [4.69, 9.17) is 10.3 Å². The number of fused-ring (bicyclic) bond motifs is 1. The number of azide groups is 1. The van der Waals surface area contributed by atoms with Crippen LogP contribution in [0.15, 0.2) is 41.5 Å². The minimum Gasteiger partial charge on any atom is -0.489 e. The van der Waals surface area contributed by atoms with Crippen LogP contribution in [0.4, 0.5) is 8.78 Å². The Morgan fingerprint density at radius 3 is 2.62 bits per heavy atom. The Balaban J connectivity index is 2.05. The van der Waals surface area contributed by atoms with Gasteiger partial charge in [0.05, 0.1) is 12.1 Å². The first-order valence-corrected chi connectivity index (χ1v) is 6.44. The third kappa shape index (κ3) is 2.41. The van der Waals surface area contributed by atoms with Crippen molar-refractivity contribution < 1.29 is 13.5 Å². The molecule has 1 atom stereocenters. The molecule has 0 spiro atoms. The van der Waals surface area contributed by atoms with E-state index >= 15 is 0 Å². The van der Waals surface area contributed by atoms with Gasteiger partial charge in [-0.05, 0) is 23.2 Å². The third-order valence-electron chi connectivity index (χ3n) is 3.41. The van der Waals surface area contributed by atoms with E-state index in [1.54, 1.807) is 12.1 Å². The summed E-state index contributed by atoms with van der Waals surface area (Å²) in [5, 5.41) is 3.48. The molecular formula is C15H11F2N3O. The lowest BCUT2D eigenvalue weighted by atomic mass is 10.00. The number of hydrogen-bond acceptors (Lipinski definition) is 2. The van der Waals surface area contributed by atoms with Gasteiger partial charge in [-0.3, -0.25) is 0 Å². The zero-order chi connectivity index (χ0) is 14.8. The van der Waals surface area contributed by atoms with E-state index < -0.39 is 11.6 Å². The standard InChI is InChI=1S/C15H11F2N3O/c16-12-5-2-6-13(17)14(12)11-4-1-3-9-7-10(8-19-20-18)21-15(9)11/h1-6,10H,7-8H2. The Bertz CT molecular complexity index is 721. The van der Waals surface area contributed by atoms with Crippen molar-refractivity contribution in [3.05, 3.63) is 64.0 Å². The van der Waals surface area contributed by atoms with Gasteiger partial charge in [-0.15, -0.1) is 0 Å². The number of hydrogen-bond donors (Lipinski definition) is 0. The Hall–Kier alpha value is -2.59. The van der Waals surface area contributed by atoms with Gasteiger partial charge in [-0.2, -0.15) is 0 Å². The molecule has 4 nitrogen and oxygen atoms in total. The van der Waals surface area contributed by atoms with Crippen molar-refractivity contribution in [1.82, 2.24) is 0 Å². The lowest BCUT2D eigenvalue weighted by molar-refractivity contribution is 0.242. The zero-order valence-corrected chi connectivity index (χ0v) is 11.0. The molecule has 1 aliphatic rings. The fourth-order valence-corrected chi connectivity index (χ4v) is 2.52. The summed E-state index contributed by atoms with van der Waals surface area (Å²) < 4.78 is 33.6. The molecule has 1 heterocycles. The SMILES string of the molecule is [N-]=[N+]=NCC1Cc2cccc(-c3c(F)cccc3F)c2O1. The molecule has 0 radical (unpaired) electrons. The fourth-order valence-electron chi connectivity index (χ4n) is 2.52. The summed E-state index contributed by atoms with van der Waals surface area (Å²) in [5.41, 5.74) is 9.49. The van der Waals surface area contributed by atoms with Crippen molar-refractivity contribution in [2.45, 2.75) is 12.5 Å². The molecule has 0 bridgehead atoms. The number of ether oxygens (including phenoxy) is 1. The monoisotopic (exact) mass is 287 g/mol. The molecule has 21 heavy (non-hydrogen) atoms. The summed E-state index contributed by atoms with van der Waals surface area (Å²) in [6, 6.07) is 8.94. The summed E-state index contributed by atoms with van der Waals surface area (Å²) >= 11 is 0. The van der Waals surface area contributed by atoms with Crippen LogP contribution in [-0.2, 0) is 6.42 Å². The van der Waals surface area contributed by atoms with E-state index in [9.17, 15) is 8.78 Å². The molecule has 0 amide bonds. The van der Waals surface area contributed by atoms with E-state index in [2.05, 4.69) is 10.0 Å². The van der Waals surface area contributed by atoms with Crippen LogP contribution in [0.2, 0.25) is 0 Å². The van der Waals surface area contributed by atoms with Gasteiger partial charge in [0.1, 0.15) is 23.5 Å². The van der Waals surface area contributed by atoms with Gasteiger partial charge < -0.3 is 4.74 Å². The van der Waals surface area contributed by atoms with Crippen molar-refractivity contribution in [1.29, 1.82) is 0 Å². The highest BCUT2D eigenvalue weighted by molar-refractivity contribution is 5.74. The molecule has 106 valence electrons. The van der Waals surface area contributed by atoms with Crippen molar-refractivity contribution in [2.75, 3.05) is 6.54 Å². The van der Waals surface area contributed by atoms with Crippen LogP contribution in [0, 0.1) is 11.6 Å². The Labute approximate surface area is 119 Å². The highest BCUT2D eigenvalue weighted by Gasteiger charge is 2.27. The Morgan fingerprint density at radius 1 is 1.19 bits per heavy atom. The van der Waals surface area contributed by atoms with Crippen molar-refractivity contribution in [2.24, 2.45) is 5.11 Å². The summed E-state index contributed by atoms with van der Waals surface area (Å²) in [6.07, 6.45) is 0.255. The summed E-state index contributed by atoms with van der Waals surface area (Å²) in [4.78, 5) is 2.70. The van der Waals surface area contributed by atoms with Crippen LogP contribution in [0.5, 0.6) is 5.75 Å². The maximum Gasteiger partial charge on any atom is 0.134 e. The number of halogens is 2. The molecule has 2 aromatic rings. The average molecular weight is 287 g/mol. The quantitative estimate of drug-likeness (QED) is 0.473. The molecule has 0 saturated heterocycles. The normalized spacial score (nSPS) is 16.0. The topological polar surface area (TPSA) is 58.0 Å². The minimum atomic E-state index is -0.634. The molecule has 0 saturated carbocycles. The molecule has 0 N–H and O–H groups in total. The molecule has 1 unspecified atom stereocenters. The van der Waals surface area contributed by atoms with E-state index in [-0.39, 0.29) is 18.2 Å². The Morgan fingerprint density at radius 2 is 1.90 bits per heavy atom. The van der Waals surface area contributed by atoms with E-state index in [0.717, 1.165) is 5.56 Å². The zero-order valence-electron chi connectivity index (χ0n) is 11.0. The molecular weight excluding hydrogens is 276 g/mol. The molecule has 6 heteroatoms. The number of nitrogens with zero attached hydrogens (tertiary/aromatic N) is 3. The van der Waals surface area contributed by atoms with Crippen LogP contribution in [0.3, 0.4) is 0 Å². The van der Waals surface area contributed by atoms with Crippen LogP contribution in [0.1, 0.15) is 5.56 Å². The lowest BCUT2D eigenvalue weighted by Gasteiger charge is -2.12. The predicted octanol–water partition coefficient (Wildman–Crippen LogP) is 4.25. The summed E-state index contributed by atoms with van der Waals surface area (Å²) in [6.45, 7) is 0.185. The largest absolute Gasteiger partial charge is 0.489 e. The van der Waals surface area contributed by atoms with Gasteiger partial charge in [0.15, 0.2) is 0 Å². The van der Waals surface area contributed by atoms with Gasteiger partial charge in [0, 0.05) is 16.9 Å². The molecule has 0 fully saturated rings. The van der Waals surface area contributed by atoms with Gasteiger partial charge in [-0.1, -0.05) is 29.4 Å². The lowest BCUT2D eigenvalue weighted by Crippen LogP contribution is -2.16. The fraction of sp³-hybridized carbons (Fsp3) is 0.200. The van der Waals surface area contributed by atoms with Crippen molar-refractivity contribution >= 4 is 0 Å². The number of benzene rings is 2. The van der Waals surface area contributed by atoms with Gasteiger partial charge in [0.25, 0.3) is 0 Å². The van der Waals surface area contributed by atoms with Gasteiger partial charge in [-0.25, -0.2) is 8.78 Å². The summed E-state index contributed by atoms with van der Waals surface area (Å²) in [7, 11) is 0. The van der Waals surface area contributed by atoms with Crippen LogP contribution in [0.25, 0.3) is 21.6 Å². The van der Waals surface area contributed by atoms with Crippen LogP contribution < -0.4 is 4.74 Å². The molecule has 1 aliphatic heterocycles. The first-order chi connectivity index (χ1) is 10.2. The predicted molar refractivity (Wildman–Crippen MR) is 73.9 cm³/mol. The molecule has 2 aromatic carbocycles. The molecule has 0 aromatic heterocycles. The van der Waals surface area contributed by atoms with Crippen molar-refractivity contribution in [3.63, 3.8) is 0 Å². The molecule has 3 rings (SSSR count). The Kier molecular flexibility index (Phi) is 3.46. The number of para-hydroxylation sites is 1. The van der Waals surface area contributed by atoms with Gasteiger partial charge >= 0.3 is 0 Å². The molecule has 0 aliphatic carbocycles. The maximum atomic E-state index is 13.9. The highest BCUT2D eigenvalue weighted by atomic mass is 19.1. The van der Waals surface area contributed by atoms with Crippen LogP contribution >= 0.6 is 0 Å². The van der Waals surface area contributed by atoms with E-state index in [1.165, 1.54) is 18.2 Å². The van der Waals surface area contributed by atoms with Crippen molar-refractivity contribution in [3.8, 4) is 16.9 Å². The maximum absolute atomic E-state index is 13.9. The van der Waals surface area contributed by atoms with Crippen LogP contribution in [-0.4, -0.2) is 12.6 Å². The minimum absolute atomic E-state index is 0.0983. The first-order valence-electron chi connectivity index (χ1n) is 6.44. The second kappa shape index (κ2) is 5.42. The highest BCUT2D eigenvalue weighted by Crippen LogP contribution is 2.40. The first kappa shape index (κ1) is 13.4. The number of rotatable bonds is 3.